The van der Waals surface area contributed by atoms with E-state index < -0.39 is 0 Å². The number of hydrogen-bond acceptors (Lipinski definition) is 8. The third kappa shape index (κ3) is 4.21. The molecule has 0 spiro atoms. The second kappa shape index (κ2) is 8.98. The van der Waals surface area contributed by atoms with Crippen LogP contribution >= 0.6 is 0 Å². The summed E-state index contributed by atoms with van der Waals surface area (Å²) < 4.78 is 16.4. The van der Waals surface area contributed by atoms with Crippen LogP contribution in [0.15, 0.2) is 60.8 Å². The van der Waals surface area contributed by atoms with E-state index in [9.17, 15) is 0 Å². The fourth-order valence-corrected chi connectivity index (χ4v) is 4.11. The van der Waals surface area contributed by atoms with Crippen molar-refractivity contribution in [2.75, 3.05) is 32.4 Å². The highest BCUT2D eigenvalue weighted by Crippen LogP contribution is 2.41. The van der Waals surface area contributed by atoms with Gasteiger partial charge in [-0.05, 0) is 66.6 Å². The molecule has 8 heteroatoms. The first kappa shape index (κ1) is 22.2. The van der Waals surface area contributed by atoms with Crippen molar-refractivity contribution in [1.82, 2.24) is 15.0 Å². The first-order chi connectivity index (χ1) is 17.0. The fourth-order valence-electron chi connectivity index (χ4n) is 4.11. The Hall–Kier alpha value is -4.59. The Morgan fingerprint density at radius 3 is 2.20 bits per heavy atom. The minimum absolute atomic E-state index is 0.548. The summed E-state index contributed by atoms with van der Waals surface area (Å²) >= 11 is 0. The van der Waals surface area contributed by atoms with Gasteiger partial charge in [0.2, 0.25) is 5.75 Å². The van der Waals surface area contributed by atoms with Gasteiger partial charge in [-0.3, -0.25) is 9.97 Å². The Balaban J connectivity index is 1.51. The van der Waals surface area contributed by atoms with Crippen LogP contribution in [-0.4, -0.2) is 36.3 Å². The summed E-state index contributed by atoms with van der Waals surface area (Å²) in [4.78, 5) is 13.9. The normalized spacial score (nSPS) is 11.0. The first-order valence-electron chi connectivity index (χ1n) is 11.0. The van der Waals surface area contributed by atoms with Crippen molar-refractivity contribution in [3.8, 4) is 28.4 Å². The topological polar surface area (TPSA) is 104 Å². The van der Waals surface area contributed by atoms with Gasteiger partial charge in [0.1, 0.15) is 5.82 Å². The number of pyridine rings is 1. The van der Waals surface area contributed by atoms with Crippen molar-refractivity contribution in [2.24, 2.45) is 0 Å². The molecule has 0 amide bonds. The number of nitrogens with zero attached hydrogens (tertiary/aromatic N) is 3. The zero-order valence-electron chi connectivity index (χ0n) is 19.9. The molecule has 0 atom stereocenters. The average Bonchev–Trinajstić information content (AvgIpc) is 2.87. The molecular weight excluding hydrogens is 442 g/mol. The number of benzene rings is 3. The summed E-state index contributed by atoms with van der Waals surface area (Å²) in [6.45, 7) is 1.93. The number of ether oxygens (including phenoxy) is 3. The predicted molar refractivity (Wildman–Crippen MR) is 139 cm³/mol. The fraction of sp³-hybridized carbons (Fsp3) is 0.148. The Kier molecular flexibility index (Phi) is 5.70. The molecule has 0 radical (unpaired) electrons. The zero-order chi connectivity index (χ0) is 24.5. The van der Waals surface area contributed by atoms with Gasteiger partial charge in [0.15, 0.2) is 11.5 Å². The lowest BCUT2D eigenvalue weighted by Crippen LogP contribution is -1.98. The maximum absolute atomic E-state index is 6.20. The highest BCUT2D eigenvalue weighted by Gasteiger charge is 2.15. The minimum Gasteiger partial charge on any atom is -0.493 e. The number of hydrogen-bond donors (Lipinski definition) is 2. The van der Waals surface area contributed by atoms with E-state index >= 15 is 0 Å². The van der Waals surface area contributed by atoms with E-state index in [1.807, 2.05) is 61.5 Å². The van der Waals surface area contributed by atoms with Crippen LogP contribution in [0.3, 0.4) is 0 Å². The zero-order valence-corrected chi connectivity index (χ0v) is 19.9. The summed E-state index contributed by atoms with van der Waals surface area (Å²) in [5, 5.41) is 4.22. The number of aromatic nitrogens is 3. The number of methoxy groups -OCH3 is 3. The van der Waals surface area contributed by atoms with Crippen molar-refractivity contribution in [1.29, 1.82) is 0 Å². The van der Waals surface area contributed by atoms with Crippen LogP contribution in [0.4, 0.5) is 17.2 Å². The molecule has 2 heterocycles. The molecule has 0 saturated carbocycles. The van der Waals surface area contributed by atoms with Crippen LogP contribution in [0.25, 0.3) is 33.1 Å². The SMILES string of the molecule is COc1cc(-c2ccc3ncc(Nc4ccc5nc(C)cc(N)c5c4)nc3c2)cc(OC)c1OC. The van der Waals surface area contributed by atoms with Crippen molar-refractivity contribution in [2.45, 2.75) is 6.92 Å². The number of nitrogens with two attached hydrogens (primary N) is 1. The Labute approximate surface area is 202 Å². The number of nitrogen functional groups attached to an aromatic ring is 1. The molecule has 5 aromatic rings. The quantitative estimate of drug-likeness (QED) is 0.337. The predicted octanol–water partition coefficient (Wildman–Crippen LogP) is 5.51. The van der Waals surface area contributed by atoms with E-state index in [2.05, 4.69) is 15.3 Å². The summed E-state index contributed by atoms with van der Waals surface area (Å²) in [5.74, 6) is 2.34. The summed E-state index contributed by atoms with van der Waals surface area (Å²) in [6.07, 6.45) is 1.71. The van der Waals surface area contributed by atoms with Crippen molar-refractivity contribution >= 4 is 39.1 Å². The number of anilines is 3. The summed E-state index contributed by atoms with van der Waals surface area (Å²) in [5.41, 5.74) is 12.9. The van der Waals surface area contributed by atoms with Gasteiger partial charge in [-0.25, -0.2) is 4.98 Å². The largest absolute Gasteiger partial charge is 0.493 e. The van der Waals surface area contributed by atoms with Crippen LogP contribution in [0, 0.1) is 6.92 Å². The lowest BCUT2D eigenvalue weighted by atomic mass is 10.0. The molecular formula is C27H25N5O3. The molecule has 0 fully saturated rings. The van der Waals surface area contributed by atoms with Crippen LogP contribution in [0.2, 0.25) is 0 Å². The molecule has 35 heavy (non-hydrogen) atoms. The van der Waals surface area contributed by atoms with E-state index in [4.69, 9.17) is 24.9 Å². The van der Waals surface area contributed by atoms with Gasteiger partial charge < -0.3 is 25.3 Å². The van der Waals surface area contributed by atoms with Gasteiger partial charge in [-0.1, -0.05) is 6.07 Å². The van der Waals surface area contributed by atoms with E-state index in [1.54, 1.807) is 27.5 Å². The van der Waals surface area contributed by atoms with Gasteiger partial charge in [-0.2, -0.15) is 0 Å². The lowest BCUT2D eigenvalue weighted by molar-refractivity contribution is 0.324. The van der Waals surface area contributed by atoms with Gasteiger partial charge in [0.25, 0.3) is 0 Å². The number of aryl methyl sites for hydroxylation is 1. The molecule has 0 aliphatic heterocycles. The molecule has 0 saturated heterocycles. The molecule has 3 N–H and O–H groups in total. The molecule has 176 valence electrons. The van der Waals surface area contributed by atoms with E-state index in [1.165, 1.54) is 0 Å². The standard InChI is InChI=1S/C27H25N5O3/c1-15-9-20(28)19-13-18(6-8-21(19)30-15)31-26-14-29-22-7-5-16(10-23(22)32-26)17-11-24(33-2)27(35-4)25(12-17)34-3/h5-14H,1-4H3,(H2,28,30)(H,31,32). The van der Waals surface area contributed by atoms with E-state index in [0.717, 1.165) is 44.4 Å². The van der Waals surface area contributed by atoms with Gasteiger partial charge >= 0.3 is 0 Å². The lowest BCUT2D eigenvalue weighted by Gasteiger charge is -2.14. The first-order valence-corrected chi connectivity index (χ1v) is 11.0. The van der Waals surface area contributed by atoms with Crippen LogP contribution in [-0.2, 0) is 0 Å². The van der Waals surface area contributed by atoms with Gasteiger partial charge in [0.05, 0.1) is 44.1 Å². The van der Waals surface area contributed by atoms with Crippen LogP contribution in [0.5, 0.6) is 17.2 Å². The molecule has 2 aromatic heterocycles. The summed E-state index contributed by atoms with van der Waals surface area (Å²) in [6, 6.07) is 17.5. The molecule has 0 unspecified atom stereocenters. The Morgan fingerprint density at radius 2 is 1.49 bits per heavy atom. The van der Waals surface area contributed by atoms with Crippen molar-refractivity contribution in [3.05, 3.63) is 66.5 Å². The Bertz CT molecular complexity index is 1540. The average molecular weight is 468 g/mol. The maximum Gasteiger partial charge on any atom is 0.203 e. The molecule has 0 bridgehead atoms. The molecule has 5 rings (SSSR count). The molecule has 3 aromatic carbocycles. The monoisotopic (exact) mass is 467 g/mol. The molecule has 0 aliphatic rings. The number of rotatable bonds is 6. The second-order valence-electron chi connectivity index (χ2n) is 8.08. The number of fused-ring (bicyclic) bond motifs is 2. The van der Waals surface area contributed by atoms with Gasteiger partial charge in [-0.15, -0.1) is 0 Å². The number of nitrogens with one attached hydrogen (secondary N) is 1. The molecule has 0 aliphatic carbocycles. The second-order valence-corrected chi connectivity index (χ2v) is 8.08. The minimum atomic E-state index is 0.548. The van der Waals surface area contributed by atoms with Crippen LogP contribution in [0.1, 0.15) is 5.69 Å². The van der Waals surface area contributed by atoms with Crippen LogP contribution < -0.4 is 25.3 Å². The summed E-state index contributed by atoms with van der Waals surface area (Å²) in [7, 11) is 4.78. The third-order valence-electron chi connectivity index (χ3n) is 5.78. The Morgan fingerprint density at radius 1 is 0.743 bits per heavy atom. The third-order valence-corrected chi connectivity index (χ3v) is 5.78. The molecule has 8 nitrogen and oxygen atoms in total. The van der Waals surface area contributed by atoms with E-state index in [-0.39, 0.29) is 0 Å². The van der Waals surface area contributed by atoms with E-state index in [0.29, 0.717) is 28.8 Å². The highest BCUT2D eigenvalue weighted by atomic mass is 16.5. The smallest absolute Gasteiger partial charge is 0.203 e. The van der Waals surface area contributed by atoms with Gasteiger partial charge in [0, 0.05) is 22.5 Å². The maximum atomic E-state index is 6.20. The van der Waals surface area contributed by atoms with Crippen molar-refractivity contribution in [3.63, 3.8) is 0 Å². The highest BCUT2D eigenvalue weighted by molar-refractivity contribution is 5.93. The van der Waals surface area contributed by atoms with Crippen molar-refractivity contribution < 1.29 is 14.2 Å².